The first-order chi connectivity index (χ1) is 14.7. The Bertz CT molecular complexity index is 1030. The normalized spacial score (nSPS) is 17.4. The van der Waals surface area contributed by atoms with Crippen LogP contribution in [0.4, 0.5) is 4.39 Å². The highest BCUT2D eigenvalue weighted by Crippen LogP contribution is 2.39. The molecule has 3 heterocycles. The van der Waals surface area contributed by atoms with Crippen molar-refractivity contribution < 1.29 is 4.39 Å². The molecule has 1 aliphatic carbocycles. The maximum absolute atomic E-state index is 13.5. The van der Waals surface area contributed by atoms with Crippen molar-refractivity contribution in [1.29, 1.82) is 0 Å². The molecule has 5 rings (SSSR count). The van der Waals surface area contributed by atoms with Crippen molar-refractivity contribution in [3.8, 4) is 5.69 Å². The van der Waals surface area contributed by atoms with Crippen molar-refractivity contribution in [2.75, 3.05) is 13.1 Å². The van der Waals surface area contributed by atoms with Crippen molar-refractivity contribution >= 4 is 23.4 Å². The van der Waals surface area contributed by atoms with Gasteiger partial charge >= 0.3 is 0 Å². The van der Waals surface area contributed by atoms with Crippen LogP contribution in [0.2, 0.25) is 5.15 Å². The minimum Gasteiger partial charge on any atom is -0.296 e. The maximum Gasteiger partial charge on any atom is 0.202 e. The molecule has 3 aromatic rings. The van der Waals surface area contributed by atoms with Gasteiger partial charge in [0.25, 0.3) is 0 Å². The topological polar surface area (TPSA) is 59.7 Å². The summed E-state index contributed by atoms with van der Waals surface area (Å²) in [6, 6.07) is 8.19. The first-order valence-corrected chi connectivity index (χ1v) is 11.5. The molecule has 2 aliphatic rings. The summed E-state index contributed by atoms with van der Waals surface area (Å²) in [7, 11) is 0. The molecule has 0 unspecified atom stereocenters. The van der Waals surface area contributed by atoms with E-state index in [-0.39, 0.29) is 5.82 Å². The molecule has 0 N–H and O–H groups in total. The van der Waals surface area contributed by atoms with Gasteiger partial charge < -0.3 is 0 Å². The molecule has 0 spiro atoms. The Hall–Kier alpha value is -2.03. The molecule has 2 fully saturated rings. The molecular weight excluding hydrogens is 423 g/mol. The average molecular weight is 445 g/mol. The van der Waals surface area contributed by atoms with Gasteiger partial charge in [0, 0.05) is 17.7 Å². The third-order valence-corrected chi connectivity index (χ3v) is 6.48. The monoisotopic (exact) mass is 444 g/mol. The average Bonchev–Trinajstić information content (AvgIpc) is 3.53. The van der Waals surface area contributed by atoms with Crippen molar-refractivity contribution in [2.45, 2.75) is 54.7 Å². The summed E-state index contributed by atoms with van der Waals surface area (Å²) >= 11 is 7.65. The quantitative estimate of drug-likeness (QED) is 0.506. The number of aromatic nitrogens is 5. The molecule has 0 atom stereocenters. The lowest BCUT2D eigenvalue weighted by Crippen LogP contribution is -2.30. The van der Waals surface area contributed by atoms with Crippen LogP contribution in [0.5, 0.6) is 0 Å². The van der Waals surface area contributed by atoms with Gasteiger partial charge in [0.1, 0.15) is 21.8 Å². The molecule has 1 saturated carbocycles. The Kier molecular flexibility index (Phi) is 5.71. The highest BCUT2D eigenvalue weighted by molar-refractivity contribution is 7.99. The molecule has 1 aromatic carbocycles. The van der Waals surface area contributed by atoms with Crippen LogP contribution in [0.15, 0.2) is 40.5 Å². The summed E-state index contributed by atoms with van der Waals surface area (Å²) in [5, 5.41) is 10.8. The van der Waals surface area contributed by atoms with E-state index in [0.29, 0.717) is 22.8 Å². The molecule has 2 aromatic heterocycles. The van der Waals surface area contributed by atoms with Gasteiger partial charge in [-0.05, 0) is 74.8 Å². The SMILES string of the molecule is Fc1ccc(-n2c(CN3CCCCC3)nnc2Sc2cc(Cl)nc(C3CC3)n2)cc1. The summed E-state index contributed by atoms with van der Waals surface area (Å²) < 4.78 is 15.5. The summed E-state index contributed by atoms with van der Waals surface area (Å²) in [6.45, 7) is 2.83. The van der Waals surface area contributed by atoms with Gasteiger partial charge in [-0.2, -0.15) is 0 Å². The van der Waals surface area contributed by atoms with Crippen LogP contribution in [0, 0.1) is 5.82 Å². The second-order valence-electron chi connectivity index (χ2n) is 7.81. The number of hydrogen-bond acceptors (Lipinski definition) is 6. The van der Waals surface area contributed by atoms with E-state index in [1.54, 1.807) is 18.2 Å². The minimum absolute atomic E-state index is 0.268. The number of benzene rings is 1. The Morgan fingerprint density at radius 2 is 1.80 bits per heavy atom. The molecule has 9 heteroatoms. The second-order valence-corrected chi connectivity index (χ2v) is 9.19. The fourth-order valence-corrected chi connectivity index (χ4v) is 4.85. The second kappa shape index (κ2) is 8.61. The maximum atomic E-state index is 13.5. The Labute approximate surface area is 183 Å². The lowest BCUT2D eigenvalue weighted by atomic mass is 10.1. The van der Waals surface area contributed by atoms with E-state index in [9.17, 15) is 4.39 Å². The van der Waals surface area contributed by atoms with Crippen LogP contribution in [0.3, 0.4) is 0 Å². The van der Waals surface area contributed by atoms with E-state index in [1.807, 2.05) is 4.57 Å². The van der Waals surface area contributed by atoms with Crippen molar-refractivity contribution in [3.05, 3.63) is 53.0 Å². The third kappa shape index (κ3) is 4.50. The van der Waals surface area contributed by atoms with Crippen molar-refractivity contribution in [2.24, 2.45) is 0 Å². The standard InChI is InChI=1S/C21H22ClFN6S/c22-17-12-19(25-20(24-17)14-4-5-14)30-21-27-26-18(13-28-10-2-1-3-11-28)29(21)16-8-6-15(23)7-9-16/h6-9,12,14H,1-5,10-11,13H2. The van der Waals surface area contributed by atoms with Crippen LogP contribution in [0.25, 0.3) is 5.69 Å². The van der Waals surface area contributed by atoms with Crippen molar-refractivity contribution in [3.63, 3.8) is 0 Å². The number of halogens is 2. The van der Waals surface area contributed by atoms with Gasteiger partial charge in [-0.1, -0.05) is 18.0 Å². The zero-order chi connectivity index (χ0) is 20.5. The van der Waals surface area contributed by atoms with E-state index in [4.69, 9.17) is 11.6 Å². The molecular formula is C21H22ClFN6S. The number of nitrogens with zero attached hydrogens (tertiary/aromatic N) is 6. The van der Waals surface area contributed by atoms with Crippen molar-refractivity contribution in [1.82, 2.24) is 29.6 Å². The van der Waals surface area contributed by atoms with E-state index in [1.165, 1.54) is 43.2 Å². The highest BCUT2D eigenvalue weighted by atomic mass is 35.5. The van der Waals surface area contributed by atoms with Gasteiger partial charge in [-0.25, -0.2) is 14.4 Å². The fraction of sp³-hybridized carbons (Fsp3) is 0.429. The predicted molar refractivity (Wildman–Crippen MR) is 114 cm³/mol. The summed E-state index contributed by atoms with van der Waals surface area (Å²) in [4.78, 5) is 11.4. The Morgan fingerprint density at radius 3 is 2.53 bits per heavy atom. The number of likely N-dealkylation sites (tertiary alicyclic amines) is 1. The Morgan fingerprint density at radius 1 is 1.03 bits per heavy atom. The Balaban J connectivity index is 1.48. The van der Waals surface area contributed by atoms with Gasteiger partial charge in [-0.3, -0.25) is 9.47 Å². The number of piperidine rings is 1. The smallest absolute Gasteiger partial charge is 0.202 e. The van der Waals surface area contributed by atoms with Gasteiger partial charge in [-0.15, -0.1) is 10.2 Å². The lowest BCUT2D eigenvalue weighted by molar-refractivity contribution is 0.214. The molecule has 0 radical (unpaired) electrons. The molecule has 30 heavy (non-hydrogen) atoms. The molecule has 156 valence electrons. The minimum atomic E-state index is -0.268. The molecule has 0 bridgehead atoms. The lowest BCUT2D eigenvalue weighted by Gasteiger charge is -2.26. The number of rotatable bonds is 6. The first kappa shape index (κ1) is 19.9. The summed E-state index contributed by atoms with van der Waals surface area (Å²) in [5.41, 5.74) is 0.832. The van der Waals surface area contributed by atoms with E-state index in [0.717, 1.165) is 48.3 Å². The van der Waals surface area contributed by atoms with Crippen LogP contribution >= 0.6 is 23.4 Å². The third-order valence-electron chi connectivity index (χ3n) is 5.43. The van der Waals surface area contributed by atoms with E-state index >= 15 is 0 Å². The van der Waals surface area contributed by atoms with E-state index < -0.39 is 0 Å². The first-order valence-electron chi connectivity index (χ1n) is 10.3. The zero-order valence-electron chi connectivity index (χ0n) is 16.5. The zero-order valence-corrected chi connectivity index (χ0v) is 18.0. The van der Waals surface area contributed by atoms with Crippen LogP contribution in [0.1, 0.15) is 49.7 Å². The van der Waals surface area contributed by atoms with Gasteiger partial charge in [0.2, 0.25) is 5.16 Å². The van der Waals surface area contributed by atoms with Gasteiger partial charge in [0.05, 0.1) is 6.54 Å². The van der Waals surface area contributed by atoms with E-state index in [2.05, 4.69) is 25.1 Å². The van der Waals surface area contributed by atoms with Gasteiger partial charge in [0.15, 0.2) is 5.82 Å². The van der Waals surface area contributed by atoms with Crippen LogP contribution in [-0.4, -0.2) is 42.7 Å². The highest BCUT2D eigenvalue weighted by Gasteiger charge is 2.28. The molecule has 0 amide bonds. The predicted octanol–water partition coefficient (Wildman–Crippen LogP) is 4.86. The van der Waals surface area contributed by atoms with Crippen LogP contribution < -0.4 is 0 Å². The molecule has 6 nitrogen and oxygen atoms in total. The molecule has 1 aliphatic heterocycles. The van der Waals surface area contributed by atoms with Crippen LogP contribution in [-0.2, 0) is 6.54 Å². The summed E-state index contributed by atoms with van der Waals surface area (Å²) in [5.74, 6) is 1.78. The molecule has 1 saturated heterocycles. The number of hydrogen-bond donors (Lipinski definition) is 0. The fourth-order valence-electron chi connectivity index (χ4n) is 3.72. The largest absolute Gasteiger partial charge is 0.296 e. The summed E-state index contributed by atoms with van der Waals surface area (Å²) in [6.07, 6.45) is 5.90.